The zero-order valence-electron chi connectivity index (χ0n) is 19.1. The van der Waals surface area contributed by atoms with Crippen molar-refractivity contribution < 1.29 is 9.90 Å². The fourth-order valence-corrected chi connectivity index (χ4v) is 5.37. The van der Waals surface area contributed by atoms with Crippen LogP contribution in [-0.2, 0) is 6.54 Å². The molecule has 3 heterocycles. The van der Waals surface area contributed by atoms with Crippen LogP contribution in [0.1, 0.15) is 40.9 Å². The van der Waals surface area contributed by atoms with Crippen molar-refractivity contribution in [1.82, 2.24) is 14.5 Å². The molecule has 5 rings (SSSR count). The first-order valence-electron chi connectivity index (χ1n) is 11.6. The Morgan fingerprint density at radius 1 is 1.09 bits per heavy atom. The first-order valence-corrected chi connectivity index (χ1v) is 12.4. The summed E-state index contributed by atoms with van der Waals surface area (Å²) in [6.45, 7) is 4.54. The Kier molecular flexibility index (Phi) is 6.39. The molecule has 0 atom stereocenters. The quantitative estimate of drug-likeness (QED) is 0.337. The van der Waals surface area contributed by atoms with E-state index in [2.05, 4.69) is 35.7 Å². The molecule has 0 aliphatic carbocycles. The molecule has 1 fully saturated rings. The number of phenols is 1. The summed E-state index contributed by atoms with van der Waals surface area (Å²) in [5.74, 6) is -0.00811. The number of para-hydroxylation sites is 1. The summed E-state index contributed by atoms with van der Waals surface area (Å²) in [5.41, 5.74) is 4.72. The van der Waals surface area contributed by atoms with Crippen LogP contribution in [0.3, 0.4) is 0 Å². The van der Waals surface area contributed by atoms with E-state index in [1.54, 1.807) is 24.5 Å². The van der Waals surface area contributed by atoms with Crippen molar-refractivity contribution in [2.75, 3.05) is 18.4 Å². The van der Waals surface area contributed by atoms with Crippen molar-refractivity contribution in [3.05, 3.63) is 82.2 Å². The molecule has 34 heavy (non-hydrogen) atoms. The molecule has 1 saturated heterocycles. The molecule has 174 valence electrons. The maximum Gasteiger partial charge on any atom is 0.258 e. The van der Waals surface area contributed by atoms with Crippen LogP contribution in [0.2, 0.25) is 0 Å². The number of aromatic hydroxyl groups is 1. The second-order valence-electron chi connectivity index (χ2n) is 8.74. The highest BCUT2D eigenvalue weighted by atomic mass is 79.9. The Hall–Kier alpha value is -3.16. The molecular formula is C27H27BrN4O2. The number of hydrogen-bond donors (Lipinski definition) is 2. The zero-order valence-corrected chi connectivity index (χ0v) is 20.7. The van der Waals surface area contributed by atoms with E-state index < -0.39 is 0 Å². The van der Waals surface area contributed by atoms with Crippen LogP contribution in [-0.4, -0.2) is 38.6 Å². The number of fused-ring (bicyclic) bond motifs is 1. The lowest BCUT2D eigenvalue weighted by molar-refractivity contribution is 0.102. The number of halogens is 1. The van der Waals surface area contributed by atoms with Crippen LogP contribution < -0.4 is 5.32 Å². The monoisotopic (exact) mass is 518 g/mol. The Labute approximate surface area is 207 Å². The van der Waals surface area contributed by atoms with Crippen LogP contribution in [0, 0.1) is 6.92 Å². The van der Waals surface area contributed by atoms with Gasteiger partial charge in [-0.25, -0.2) is 0 Å². The van der Waals surface area contributed by atoms with E-state index in [-0.39, 0.29) is 11.7 Å². The van der Waals surface area contributed by atoms with Crippen LogP contribution in [0.25, 0.3) is 16.6 Å². The van der Waals surface area contributed by atoms with Gasteiger partial charge in [-0.3, -0.25) is 14.7 Å². The summed E-state index contributed by atoms with van der Waals surface area (Å²) in [6, 6.07) is 15.5. The summed E-state index contributed by atoms with van der Waals surface area (Å²) in [4.78, 5) is 20.1. The van der Waals surface area contributed by atoms with Crippen molar-refractivity contribution in [3.63, 3.8) is 0 Å². The van der Waals surface area contributed by atoms with E-state index >= 15 is 0 Å². The molecule has 0 spiro atoms. The number of carbonyl (C=O) groups is 1. The predicted octanol–water partition coefficient (Wildman–Crippen LogP) is 6.04. The number of rotatable bonds is 5. The van der Waals surface area contributed by atoms with Crippen LogP contribution in [0.15, 0.2) is 65.4 Å². The molecule has 2 aromatic heterocycles. The maximum atomic E-state index is 13.7. The van der Waals surface area contributed by atoms with Gasteiger partial charge >= 0.3 is 0 Å². The SMILES string of the molecule is Cc1c(C(=O)Nc2ccncc2)c2c(CN3CCCCC3)c(O)c(Br)cc2n1-c1ccccc1. The number of amides is 1. The molecule has 6 nitrogen and oxygen atoms in total. The lowest BCUT2D eigenvalue weighted by atomic mass is 10.0. The van der Waals surface area contributed by atoms with E-state index in [1.165, 1.54) is 6.42 Å². The normalized spacial score (nSPS) is 14.4. The molecule has 0 bridgehead atoms. The first kappa shape index (κ1) is 22.6. The highest BCUT2D eigenvalue weighted by Gasteiger charge is 2.27. The van der Waals surface area contributed by atoms with Gasteiger partial charge in [-0.05, 0) is 79.1 Å². The van der Waals surface area contributed by atoms with E-state index in [1.807, 2.05) is 43.3 Å². The molecule has 0 radical (unpaired) electrons. The summed E-state index contributed by atoms with van der Waals surface area (Å²) < 4.78 is 2.73. The molecule has 1 aliphatic rings. The summed E-state index contributed by atoms with van der Waals surface area (Å²) in [6.07, 6.45) is 6.84. The van der Waals surface area contributed by atoms with E-state index in [4.69, 9.17) is 0 Å². The number of nitrogens with one attached hydrogen (secondary N) is 1. The Bertz CT molecular complexity index is 1330. The number of carbonyl (C=O) groups excluding carboxylic acids is 1. The minimum atomic E-state index is -0.204. The first-order chi connectivity index (χ1) is 16.5. The highest BCUT2D eigenvalue weighted by Crippen LogP contribution is 2.41. The van der Waals surface area contributed by atoms with Gasteiger partial charge in [0.15, 0.2) is 0 Å². The predicted molar refractivity (Wildman–Crippen MR) is 139 cm³/mol. The maximum absolute atomic E-state index is 13.7. The molecule has 2 N–H and O–H groups in total. The van der Waals surface area contributed by atoms with Gasteiger partial charge in [0.2, 0.25) is 0 Å². The molecule has 1 aliphatic heterocycles. The minimum Gasteiger partial charge on any atom is -0.506 e. The van der Waals surface area contributed by atoms with Gasteiger partial charge < -0.3 is 15.0 Å². The number of anilines is 1. The largest absolute Gasteiger partial charge is 0.506 e. The second kappa shape index (κ2) is 9.60. The zero-order chi connectivity index (χ0) is 23.7. The smallest absolute Gasteiger partial charge is 0.258 e. The molecule has 4 aromatic rings. The number of nitrogens with zero attached hydrogens (tertiary/aromatic N) is 3. The molecule has 0 saturated carbocycles. The van der Waals surface area contributed by atoms with Crippen molar-refractivity contribution in [2.45, 2.75) is 32.7 Å². The molecule has 0 unspecified atom stereocenters. The number of pyridine rings is 1. The van der Waals surface area contributed by atoms with Crippen molar-refractivity contribution in [2.24, 2.45) is 0 Å². The molecule has 2 aromatic carbocycles. The van der Waals surface area contributed by atoms with E-state index in [9.17, 15) is 9.90 Å². The summed E-state index contributed by atoms with van der Waals surface area (Å²) >= 11 is 3.57. The van der Waals surface area contributed by atoms with E-state index in [0.717, 1.165) is 53.8 Å². The standard InChI is InChI=1S/C27H27BrN4O2/c1-18-24(27(34)30-19-10-12-29-13-11-19)25-21(17-31-14-6-3-7-15-31)26(33)22(28)16-23(25)32(18)20-8-4-2-5-9-20/h2,4-5,8-13,16,33H,3,6-7,14-15,17H2,1H3,(H,29,30,34). The Morgan fingerprint density at radius 2 is 1.79 bits per heavy atom. The lowest BCUT2D eigenvalue weighted by Gasteiger charge is -2.27. The Balaban J connectivity index is 1.74. The molecular weight excluding hydrogens is 492 g/mol. The highest BCUT2D eigenvalue weighted by molar-refractivity contribution is 9.10. The average molecular weight is 519 g/mol. The topological polar surface area (TPSA) is 70.4 Å². The van der Waals surface area contributed by atoms with Crippen molar-refractivity contribution >= 4 is 38.4 Å². The Morgan fingerprint density at radius 3 is 2.50 bits per heavy atom. The van der Waals surface area contributed by atoms with Crippen LogP contribution in [0.4, 0.5) is 5.69 Å². The van der Waals surface area contributed by atoms with E-state index in [0.29, 0.717) is 22.3 Å². The number of likely N-dealkylation sites (tertiary alicyclic amines) is 1. The molecule has 7 heteroatoms. The third-order valence-corrected chi connectivity index (χ3v) is 7.14. The third-order valence-electron chi connectivity index (χ3n) is 6.53. The lowest BCUT2D eigenvalue weighted by Crippen LogP contribution is -2.29. The van der Waals surface area contributed by atoms with Gasteiger partial charge in [0.05, 0.1) is 15.6 Å². The fraction of sp³-hybridized carbons (Fsp3) is 0.259. The van der Waals surface area contributed by atoms with Gasteiger partial charge in [0.1, 0.15) is 5.75 Å². The minimum absolute atomic E-state index is 0.196. The number of aromatic nitrogens is 2. The van der Waals surface area contributed by atoms with Crippen molar-refractivity contribution in [3.8, 4) is 11.4 Å². The second-order valence-corrected chi connectivity index (χ2v) is 9.59. The van der Waals surface area contributed by atoms with Gasteiger partial charge in [0, 0.05) is 47.0 Å². The number of phenolic OH excluding ortho intramolecular Hbond substituents is 1. The average Bonchev–Trinajstić information content (AvgIpc) is 3.15. The number of benzene rings is 2. The van der Waals surface area contributed by atoms with Crippen molar-refractivity contribution in [1.29, 1.82) is 0 Å². The summed E-state index contributed by atoms with van der Waals surface area (Å²) in [5, 5.41) is 15.0. The van der Waals surface area contributed by atoms with Crippen LogP contribution >= 0.6 is 15.9 Å². The van der Waals surface area contributed by atoms with Gasteiger partial charge in [-0.2, -0.15) is 0 Å². The van der Waals surface area contributed by atoms with Gasteiger partial charge in [0.25, 0.3) is 5.91 Å². The number of piperidine rings is 1. The van der Waals surface area contributed by atoms with Crippen LogP contribution in [0.5, 0.6) is 5.75 Å². The fourth-order valence-electron chi connectivity index (χ4n) is 4.92. The third kappa shape index (κ3) is 4.21. The van der Waals surface area contributed by atoms with Gasteiger partial charge in [-0.15, -0.1) is 0 Å². The molecule has 1 amide bonds. The number of hydrogen-bond acceptors (Lipinski definition) is 4. The van der Waals surface area contributed by atoms with Gasteiger partial charge in [-0.1, -0.05) is 24.6 Å². The summed E-state index contributed by atoms with van der Waals surface area (Å²) in [7, 11) is 0.